The van der Waals surface area contributed by atoms with Gasteiger partial charge in [0.25, 0.3) is 0 Å². The number of aliphatic carboxylic acids is 1. The molecule has 5 heteroatoms. The van der Waals surface area contributed by atoms with Crippen molar-refractivity contribution in [3.05, 3.63) is 29.8 Å². The summed E-state index contributed by atoms with van der Waals surface area (Å²) >= 11 is 0. The fourth-order valence-electron chi connectivity index (χ4n) is 0.824. The van der Waals surface area contributed by atoms with E-state index in [1.807, 2.05) is 6.07 Å². The van der Waals surface area contributed by atoms with Crippen molar-refractivity contribution in [2.24, 2.45) is 0 Å². The van der Waals surface area contributed by atoms with E-state index < -0.39 is 12.6 Å². The number of hydrogen-bond acceptors (Lipinski definition) is 3. The van der Waals surface area contributed by atoms with E-state index in [2.05, 4.69) is 0 Å². The first-order valence-corrected chi connectivity index (χ1v) is 3.58. The highest BCUT2D eigenvalue weighted by Gasteiger charge is 2.03. The van der Waals surface area contributed by atoms with Crippen LogP contribution >= 0.6 is 0 Å². The topological polar surface area (TPSA) is 70.3 Å². The number of para-hydroxylation sites is 1. The van der Waals surface area contributed by atoms with Crippen molar-refractivity contribution in [3.63, 3.8) is 0 Å². The molecule has 0 saturated heterocycles. The minimum Gasteiger partial charge on any atom is -0.481 e. The maximum Gasteiger partial charge on any atom is 0.341 e. The molecule has 0 aliphatic heterocycles. The lowest BCUT2D eigenvalue weighted by molar-refractivity contribution is -0.139. The van der Waals surface area contributed by atoms with Crippen LogP contribution < -0.4 is 4.74 Å². The Balaban J connectivity index is 0.00000169. The maximum absolute atomic E-state index is 10.2. The van der Waals surface area contributed by atoms with Crippen LogP contribution in [0.3, 0.4) is 0 Å². The van der Waals surface area contributed by atoms with Gasteiger partial charge in [0.2, 0.25) is 0 Å². The van der Waals surface area contributed by atoms with Gasteiger partial charge < -0.3 is 9.84 Å². The Hall–Kier alpha value is -1.96. The molecule has 4 nitrogen and oxygen atoms in total. The first-order chi connectivity index (χ1) is 6.24. The summed E-state index contributed by atoms with van der Waals surface area (Å²) in [6.45, 7) is -0.432. The van der Waals surface area contributed by atoms with Crippen molar-refractivity contribution >= 4 is 14.4 Å². The van der Waals surface area contributed by atoms with Crippen LogP contribution in [0.1, 0.15) is 5.56 Å². The number of carboxylic acids is 1. The molecule has 0 aliphatic carbocycles. The summed E-state index contributed by atoms with van der Waals surface area (Å²) in [6, 6.07) is 8.39. The van der Waals surface area contributed by atoms with Gasteiger partial charge in [0.1, 0.15) is 11.8 Å². The Labute approximate surface area is 83.3 Å². The highest BCUT2D eigenvalue weighted by atomic mass is 16.5. The number of ether oxygens (including phenoxy) is 1. The van der Waals surface area contributed by atoms with Crippen molar-refractivity contribution in [3.8, 4) is 11.8 Å². The first kappa shape index (κ1) is 12.0. The maximum atomic E-state index is 10.2. The first-order valence-electron chi connectivity index (χ1n) is 3.58. The van der Waals surface area contributed by atoms with Crippen molar-refractivity contribution in [2.45, 2.75) is 0 Å². The van der Waals surface area contributed by atoms with Crippen LogP contribution in [0.2, 0.25) is 0 Å². The molecule has 69 valence electrons. The quantitative estimate of drug-likeness (QED) is 0.706. The molecular weight excluding hydrogens is 181 g/mol. The van der Waals surface area contributed by atoms with E-state index in [-0.39, 0.29) is 8.41 Å². The largest absolute Gasteiger partial charge is 0.481 e. The number of carbonyl (C=O) groups is 1. The summed E-state index contributed by atoms with van der Waals surface area (Å²) in [7, 11) is 0. The Morgan fingerprint density at radius 1 is 1.50 bits per heavy atom. The van der Waals surface area contributed by atoms with Gasteiger partial charge in [0.05, 0.1) is 5.56 Å². The van der Waals surface area contributed by atoms with Gasteiger partial charge in [0, 0.05) is 8.41 Å². The minimum absolute atomic E-state index is 0. The van der Waals surface area contributed by atoms with Crippen molar-refractivity contribution in [1.29, 1.82) is 5.26 Å². The molecule has 1 aromatic carbocycles. The summed E-state index contributed by atoms with van der Waals surface area (Å²) in [5.74, 6) is -0.764. The molecule has 0 aliphatic rings. The third kappa shape index (κ3) is 3.19. The third-order valence-electron chi connectivity index (χ3n) is 1.36. The average Bonchev–Trinajstić information content (AvgIpc) is 2.15. The number of carboxylic acid groups (broad SMARTS) is 1. The second-order valence-corrected chi connectivity index (χ2v) is 2.29. The summed E-state index contributed by atoms with van der Waals surface area (Å²) < 4.78 is 4.87. The average molecular weight is 188 g/mol. The predicted molar refractivity (Wildman–Crippen MR) is 50.0 cm³/mol. The zero-order valence-corrected chi connectivity index (χ0v) is 7.30. The van der Waals surface area contributed by atoms with Crippen LogP contribution in [0, 0.1) is 11.3 Å². The van der Waals surface area contributed by atoms with Crippen LogP contribution in [-0.4, -0.2) is 26.1 Å². The monoisotopic (exact) mass is 188 g/mol. The van der Waals surface area contributed by atoms with Gasteiger partial charge in [-0.3, -0.25) is 0 Å². The van der Waals surface area contributed by atoms with Gasteiger partial charge in [0.15, 0.2) is 6.61 Å². The molecule has 1 aromatic rings. The van der Waals surface area contributed by atoms with Crippen LogP contribution in [0.5, 0.6) is 5.75 Å². The molecule has 0 atom stereocenters. The number of rotatable bonds is 3. The summed E-state index contributed by atoms with van der Waals surface area (Å²) in [5, 5.41) is 16.9. The molecule has 3 radical (unpaired) electrons. The molecule has 0 aromatic heterocycles. The van der Waals surface area contributed by atoms with Gasteiger partial charge in [-0.15, -0.1) is 0 Å². The van der Waals surface area contributed by atoms with Crippen LogP contribution in [0.25, 0.3) is 0 Å². The lowest BCUT2D eigenvalue weighted by Crippen LogP contribution is -2.09. The summed E-state index contributed by atoms with van der Waals surface area (Å²) in [5.41, 5.74) is 0.337. The molecule has 0 bridgehead atoms. The Morgan fingerprint density at radius 3 is 2.71 bits per heavy atom. The molecule has 0 spiro atoms. The molecule has 1 rings (SSSR count). The van der Waals surface area contributed by atoms with Crippen LogP contribution in [-0.2, 0) is 4.79 Å². The van der Waals surface area contributed by atoms with Gasteiger partial charge >= 0.3 is 5.97 Å². The van der Waals surface area contributed by atoms with E-state index in [1.165, 1.54) is 0 Å². The molecule has 0 unspecified atom stereocenters. The number of nitrogens with zero attached hydrogens (tertiary/aromatic N) is 1. The fraction of sp³-hybridized carbons (Fsp3) is 0.111. The van der Waals surface area contributed by atoms with Crippen molar-refractivity contribution in [2.75, 3.05) is 6.61 Å². The molecule has 0 heterocycles. The molecular formula is C9H7BNO3. The fourth-order valence-corrected chi connectivity index (χ4v) is 0.824. The van der Waals surface area contributed by atoms with E-state index in [4.69, 9.17) is 15.1 Å². The lowest BCUT2D eigenvalue weighted by Gasteiger charge is -2.03. The second kappa shape index (κ2) is 5.65. The Kier molecular flexibility index (Phi) is 4.86. The van der Waals surface area contributed by atoms with E-state index in [0.717, 1.165) is 0 Å². The lowest BCUT2D eigenvalue weighted by atomic mass is 10.2. The highest BCUT2D eigenvalue weighted by molar-refractivity contribution is 5.75. The normalized spacial score (nSPS) is 8.21. The van der Waals surface area contributed by atoms with Crippen LogP contribution in [0.4, 0.5) is 0 Å². The Morgan fingerprint density at radius 2 is 2.14 bits per heavy atom. The Bertz CT molecular complexity index is 359. The van der Waals surface area contributed by atoms with E-state index in [9.17, 15) is 4.79 Å². The predicted octanol–water partition coefficient (Wildman–Crippen LogP) is 0.641. The van der Waals surface area contributed by atoms with Gasteiger partial charge in [-0.1, -0.05) is 12.1 Å². The van der Waals surface area contributed by atoms with Gasteiger partial charge in [-0.05, 0) is 12.1 Å². The summed E-state index contributed by atoms with van der Waals surface area (Å²) in [6.07, 6.45) is 0. The zero-order chi connectivity index (χ0) is 9.68. The van der Waals surface area contributed by atoms with E-state index in [1.54, 1.807) is 24.3 Å². The second-order valence-electron chi connectivity index (χ2n) is 2.29. The van der Waals surface area contributed by atoms with Crippen molar-refractivity contribution < 1.29 is 14.6 Å². The highest BCUT2D eigenvalue weighted by Crippen LogP contribution is 2.15. The number of nitriles is 1. The SMILES string of the molecule is N#Cc1ccccc1OCC(=O)O.[B]. The zero-order valence-electron chi connectivity index (χ0n) is 7.30. The van der Waals surface area contributed by atoms with Gasteiger partial charge in [-0.25, -0.2) is 4.79 Å². The standard InChI is InChI=1S/C9H7NO3.B/c10-5-7-3-1-2-4-8(7)13-6-9(11)12;/h1-4H,6H2,(H,11,12);. The number of benzene rings is 1. The molecule has 1 N–H and O–H groups in total. The van der Waals surface area contributed by atoms with Gasteiger partial charge in [-0.2, -0.15) is 5.26 Å². The smallest absolute Gasteiger partial charge is 0.341 e. The van der Waals surface area contributed by atoms with E-state index >= 15 is 0 Å². The molecule has 0 amide bonds. The molecule has 0 saturated carbocycles. The molecule has 14 heavy (non-hydrogen) atoms. The van der Waals surface area contributed by atoms with Crippen molar-refractivity contribution in [1.82, 2.24) is 0 Å². The minimum atomic E-state index is -1.06. The van der Waals surface area contributed by atoms with Crippen LogP contribution in [0.15, 0.2) is 24.3 Å². The van der Waals surface area contributed by atoms with E-state index in [0.29, 0.717) is 11.3 Å². The summed E-state index contributed by atoms with van der Waals surface area (Å²) in [4.78, 5) is 10.2. The number of hydrogen-bond donors (Lipinski definition) is 1. The third-order valence-corrected chi connectivity index (χ3v) is 1.36. The molecule has 0 fully saturated rings.